The largest absolute Gasteiger partial charge is 0.406 e. The summed E-state index contributed by atoms with van der Waals surface area (Å²) in [5.74, 6) is 1.15. The second-order valence-electron chi connectivity index (χ2n) is 4.47. The summed E-state index contributed by atoms with van der Waals surface area (Å²) < 4.78 is 1.76. The first kappa shape index (κ1) is 11.8. The molecule has 1 fully saturated rings. The van der Waals surface area contributed by atoms with Crippen LogP contribution in [-0.2, 0) is 7.05 Å². The first-order valence-electron chi connectivity index (χ1n) is 5.69. The molecule has 2 N–H and O–H groups in total. The van der Waals surface area contributed by atoms with E-state index in [2.05, 4.69) is 4.98 Å². The van der Waals surface area contributed by atoms with Crippen LogP contribution in [0.2, 0.25) is 0 Å². The lowest BCUT2D eigenvalue weighted by molar-refractivity contribution is -0.388. The highest BCUT2D eigenvalue weighted by Gasteiger charge is 2.30. The second-order valence-corrected chi connectivity index (χ2v) is 4.47. The van der Waals surface area contributed by atoms with E-state index in [1.54, 1.807) is 18.5 Å². The van der Waals surface area contributed by atoms with Gasteiger partial charge in [-0.05, 0) is 22.7 Å². The summed E-state index contributed by atoms with van der Waals surface area (Å²) in [6.07, 6.45) is 1.93. The van der Waals surface area contributed by atoms with Gasteiger partial charge in [0.1, 0.15) is 0 Å². The maximum Gasteiger partial charge on any atom is 0.406 e. The summed E-state index contributed by atoms with van der Waals surface area (Å²) in [5.41, 5.74) is 5.90. The number of nitro groups is 1. The van der Waals surface area contributed by atoms with Crippen LogP contribution < -0.4 is 10.6 Å². The third kappa shape index (κ3) is 2.10. The Hall–Kier alpha value is -1.63. The van der Waals surface area contributed by atoms with Gasteiger partial charge in [0.25, 0.3) is 0 Å². The van der Waals surface area contributed by atoms with Crippen LogP contribution in [0.4, 0.5) is 11.6 Å². The van der Waals surface area contributed by atoms with E-state index in [4.69, 9.17) is 5.73 Å². The number of hydrogen-bond donors (Lipinski definition) is 1. The van der Waals surface area contributed by atoms with Gasteiger partial charge < -0.3 is 20.7 Å². The summed E-state index contributed by atoms with van der Waals surface area (Å²) in [5, 5.41) is 11.0. The minimum atomic E-state index is -0.428. The molecule has 0 radical (unpaired) electrons. The molecule has 1 aromatic heterocycles. The maximum atomic E-state index is 11.0. The number of nitrogens with zero attached hydrogens (tertiary/aromatic N) is 4. The molecule has 1 aliphatic rings. The van der Waals surface area contributed by atoms with Gasteiger partial charge in [0, 0.05) is 33.1 Å². The Morgan fingerprint density at radius 2 is 2.29 bits per heavy atom. The molecule has 1 saturated heterocycles. The normalized spacial score (nSPS) is 20.6. The quantitative estimate of drug-likeness (QED) is 0.601. The first-order chi connectivity index (χ1) is 8.00. The van der Waals surface area contributed by atoms with Gasteiger partial charge >= 0.3 is 5.82 Å². The molecule has 0 amide bonds. The standard InChI is InChI=1S/C10H17N5O2/c1-7-12-9(15(16)17)10(13(7)2)14-5-3-4-8(11)6-14/h8H,3-6,11H2,1-2H3. The van der Waals surface area contributed by atoms with E-state index in [1.807, 2.05) is 4.90 Å². The molecule has 1 aliphatic heterocycles. The van der Waals surface area contributed by atoms with Crippen LogP contribution in [0.5, 0.6) is 0 Å². The van der Waals surface area contributed by atoms with E-state index in [9.17, 15) is 10.1 Å². The van der Waals surface area contributed by atoms with Gasteiger partial charge in [-0.1, -0.05) is 0 Å². The molecule has 1 unspecified atom stereocenters. The Bertz CT molecular complexity index is 442. The maximum absolute atomic E-state index is 11.0. The molecular formula is C10H17N5O2. The van der Waals surface area contributed by atoms with Crippen LogP contribution >= 0.6 is 0 Å². The molecule has 7 heteroatoms. The summed E-state index contributed by atoms with van der Waals surface area (Å²) in [7, 11) is 1.80. The average molecular weight is 239 g/mol. The number of aryl methyl sites for hydroxylation is 1. The van der Waals surface area contributed by atoms with Crippen LogP contribution in [0.3, 0.4) is 0 Å². The van der Waals surface area contributed by atoms with Crippen molar-refractivity contribution in [2.24, 2.45) is 12.8 Å². The van der Waals surface area contributed by atoms with Gasteiger partial charge in [-0.3, -0.25) is 4.57 Å². The lowest BCUT2D eigenvalue weighted by Crippen LogP contribution is -2.43. The fraction of sp³-hybridized carbons (Fsp3) is 0.700. The lowest BCUT2D eigenvalue weighted by atomic mass is 10.1. The first-order valence-corrected chi connectivity index (χ1v) is 5.69. The molecule has 1 aromatic rings. The molecule has 0 bridgehead atoms. The monoisotopic (exact) mass is 239 g/mol. The van der Waals surface area contributed by atoms with E-state index >= 15 is 0 Å². The van der Waals surface area contributed by atoms with Crippen LogP contribution in [0.1, 0.15) is 18.7 Å². The zero-order chi connectivity index (χ0) is 12.6. The molecule has 0 spiro atoms. The van der Waals surface area contributed by atoms with Gasteiger partial charge in [-0.2, -0.15) is 0 Å². The van der Waals surface area contributed by atoms with E-state index in [0.29, 0.717) is 18.2 Å². The van der Waals surface area contributed by atoms with Crippen molar-refractivity contribution in [3.8, 4) is 0 Å². The van der Waals surface area contributed by atoms with Crippen LogP contribution in [0.15, 0.2) is 0 Å². The number of hydrogen-bond acceptors (Lipinski definition) is 5. The molecule has 2 heterocycles. The van der Waals surface area contributed by atoms with E-state index in [-0.39, 0.29) is 11.9 Å². The van der Waals surface area contributed by atoms with Crippen LogP contribution in [0, 0.1) is 17.0 Å². The van der Waals surface area contributed by atoms with E-state index in [1.165, 1.54) is 0 Å². The molecule has 7 nitrogen and oxygen atoms in total. The molecule has 94 valence electrons. The Morgan fingerprint density at radius 1 is 1.59 bits per heavy atom. The lowest BCUT2D eigenvalue weighted by Gasteiger charge is -2.31. The van der Waals surface area contributed by atoms with Gasteiger partial charge in [0.05, 0.1) is 0 Å². The summed E-state index contributed by atoms with van der Waals surface area (Å²) in [6, 6.07) is 0.0820. The zero-order valence-corrected chi connectivity index (χ0v) is 10.1. The number of aromatic nitrogens is 2. The van der Waals surface area contributed by atoms with Crippen molar-refractivity contribution >= 4 is 11.6 Å². The van der Waals surface area contributed by atoms with Crippen LogP contribution in [0.25, 0.3) is 0 Å². The predicted molar refractivity (Wildman–Crippen MR) is 64.0 cm³/mol. The molecule has 17 heavy (non-hydrogen) atoms. The minimum absolute atomic E-state index is 0.0703. The fourth-order valence-electron chi connectivity index (χ4n) is 2.26. The van der Waals surface area contributed by atoms with Gasteiger partial charge in [-0.15, -0.1) is 0 Å². The van der Waals surface area contributed by atoms with Crippen molar-refractivity contribution in [1.29, 1.82) is 0 Å². The number of nitrogens with two attached hydrogens (primary N) is 1. The van der Waals surface area contributed by atoms with Crippen LogP contribution in [-0.4, -0.2) is 33.6 Å². The highest BCUT2D eigenvalue weighted by molar-refractivity contribution is 5.56. The molecule has 1 atom stereocenters. The fourth-order valence-corrected chi connectivity index (χ4v) is 2.26. The Labute approximate surface area is 99.4 Å². The van der Waals surface area contributed by atoms with Crippen molar-refractivity contribution in [2.45, 2.75) is 25.8 Å². The van der Waals surface area contributed by atoms with Crippen molar-refractivity contribution in [3.63, 3.8) is 0 Å². The highest BCUT2D eigenvalue weighted by Crippen LogP contribution is 2.29. The molecule has 0 saturated carbocycles. The molecule has 0 aliphatic carbocycles. The smallest absolute Gasteiger partial charge is 0.358 e. The Morgan fingerprint density at radius 3 is 2.88 bits per heavy atom. The average Bonchev–Trinajstić information content (AvgIpc) is 2.56. The van der Waals surface area contributed by atoms with E-state index < -0.39 is 4.92 Å². The molecular weight excluding hydrogens is 222 g/mol. The second kappa shape index (κ2) is 4.33. The number of imidazole rings is 1. The topological polar surface area (TPSA) is 90.2 Å². The van der Waals surface area contributed by atoms with Gasteiger partial charge in [-0.25, -0.2) is 0 Å². The number of piperidine rings is 1. The number of rotatable bonds is 2. The summed E-state index contributed by atoms with van der Waals surface area (Å²) in [4.78, 5) is 16.5. The van der Waals surface area contributed by atoms with Crippen molar-refractivity contribution in [3.05, 3.63) is 15.9 Å². The third-order valence-electron chi connectivity index (χ3n) is 3.20. The molecule has 2 rings (SSSR count). The third-order valence-corrected chi connectivity index (χ3v) is 3.20. The van der Waals surface area contributed by atoms with Crippen molar-refractivity contribution in [2.75, 3.05) is 18.0 Å². The Balaban J connectivity index is 2.39. The van der Waals surface area contributed by atoms with E-state index in [0.717, 1.165) is 19.4 Å². The SMILES string of the molecule is Cc1nc([N+](=O)[O-])c(N2CCCC(N)C2)n1C. The van der Waals surface area contributed by atoms with Gasteiger partial charge in [0.2, 0.25) is 11.6 Å². The summed E-state index contributed by atoms with van der Waals surface area (Å²) in [6.45, 7) is 3.22. The van der Waals surface area contributed by atoms with Crippen molar-refractivity contribution in [1.82, 2.24) is 9.55 Å². The molecule has 0 aromatic carbocycles. The zero-order valence-electron chi connectivity index (χ0n) is 10.1. The van der Waals surface area contributed by atoms with Crippen molar-refractivity contribution < 1.29 is 4.92 Å². The van der Waals surface area contributed by atoms with Gasteiger partial charge in [0.15, 0.2) is 0 Å². The summed E-state index contributed by atoms with van der Waals surface area (Å²) >= 11 is 0. The highest BCUT2D eigenvalue weighted by atomic mass is 16.6. The predicted octanol–water partition coefficient (Wildman–Crippen LogP) is 0.564. The number of anilines is 1. The minimum Gasteiger partial charge on any atom is -0.358 e. The Kier molecular flexibility index (Phi) is 3.01.